The summed E-state index contributed by atoms with van der Waals surface area (Å²) in [7, 11) is 0. The fourth-order valence-corrected chi connectivity index (χ4v) is 3.97. The highest BCUT2D eigenvalue weighted by Gasteiger charge is 2.22. The van der Waals surface area contributed by atoms with Gasteiger partial charge >= 0.3 is 11.8 Å². The average molecular weight is 409 g/mol. The van der Waals surface area contributed by atoms with E-state index < -0.39 is 11.8 Å². The molecule has 2 N–H and O–H groups in total. The van der Waals surface area contributed by atoms with Crippen LogP contribution in [0.2, 0.25) is 0 Å². The van der Waals surface area contributed by atoms with Gasteiger partial charge in [0.25, 0.3) is 0 Å². The Labute approximate surface area is 171 Å². The number of benzene rings is 1. The molecule has 0 unspecified atom stereocenters. The zero-order valence-electron chi connectivity index (χ0n) is 15.5. The van der Waals surface area contributed by atoms with Crippen molar-refractivity contribution in [1.82, 2.24) is 5.32 Å². The van der Waals surface area contributed by atoms with E-state index in [0.29, 0.717) is 18.7 Å². The quantitative estimate of drug-likeness (QED) is 0.632. The predicted molar refractivity (Wildman–Crippen MR) is 111 cm³/mol. The van der Waals surface area contributed by atoms with Gasteiger partial charge in [0.05, 0.1) is 12.8 Å². The van der Waals surface area contributed by atoms with Crippen LogP contribution in [0.15, 0.2) is 58.5 Å². The first-order valence-corrected chi connectivity index (χ1v) is 10.1. The number of furan rings is 1. The lowest BCUT2D eigenvalue weighted by Gasteiger charge is -2.16. The first-order valence-electron chi connectivity index (χ1n) is 9.21. The molecule has 29 heavy (non-hydrogen) atoms. The van der Waals surface area contributed by atoms with Crippen molar-refractivity contribution >= 4 is 40.4 Å². The maximum Gasteiger partial charge on any atom is 0.313 e. The molecule has 1 fully saturated rings. The molecule has 3 aromatic rings. The largest absolute Gasteiger partial charge is 0.464 e. The minimum absolute atomic E-state index is 0.0658. The summed E-state index contributed by atoms with van der Waals surface area (Å²) >= 11 is 1.48. The minimum Gasteiger partial charge on any atom is -0.464 e. The summed E-state index contributed by atoms with van der Waals surface area (Å²) in [5.74, 6) is -0.651. The van der Waals surface area contributed by atoms with E-state index in [0.717, 1.165) is 28.3 Å². The Bertz CT molecular complexity index is 1040. The molecule has 0 radical (unpaired) electrons. The SMILES string of the molecule is O=C(NCc1cc(-c2ccco2)cs1)C(=O)Nc1cccc(N2CCCC2=O)c1. The Balaban J connectivity index is 1.33. The highest BCUT2D eigenvalue weighted by atomic mass is 32.1. The summed E-state index contributed by atoms with van der Waals surface area (Å²) in [4.78, 5) is 38.8. The molecule has 1 aliphatic heterocycles. The van der Waals surface area contributed by atoms with E-state index in [1.807, 2.05) is 29.6 Å². The second-order valence-corrected chi connectivity index (χ2v) is 7.61. The number of hydrogen-bond acceptors (Lipinski definition) is 5. The molecule has 8 heteroatoms. The number of hydrogen-bond donors (Lipinski definition) is 2. The van der Waals surface area contributed by atoms with Crippen LogP contribution in [0.4, 0.5) is 11.4 Å². The van der Waals surface area contributed by atoms with Gasteiger partial charge in [-0.3, -0.25) is 14.4 Å². The average Bonchev–Trinajstić information content (AvgIpc) is 3.47. The summed E-state index contributed by atoms with van der Waals surface area (Å²) in [5, 5.41) is 7.14. The first-order chi connectivity index (χ1) is 14.1. The highest BCUT2D eigenvalue weighted by molar-refractivity contribution is 7.10. The van der Waals surface area contributed by atoms with Crippen LogP contribution in [0.25, 0.3) is 11.3 Å². The Morgan fingerprint density at radius 2 is 2.03 bits per heavy atom. The van der Waals surface area contributed by atoms with E-state index in [1.54, 1.807) is 29.4 Å². The van der Waals surface area contributed by atoms with Gasteiger partial charge in [0.1, 0.15) is 5.76 Å². The van der Waals surface area contributed by atoms with Crippen LogP contribution in [0, 0.1) is 0 Å². The Morgan fingerprint density at radius 1 is 1.14 bits per heavy atom. The number of carbonyl (C=O) groups excluding carboxylic acids is 3. The summed E-state index contributed by atoms with van der Waals surface area (Å²) in [5.41, 5.74) is 2.12. The van der Waals surface area contributed by atoms with E-state index in [2.05, 4.69) is 10.6 Å². The maximum absolute atomic E-state index is 12.2. The Morgan fingerprint density at radius 3 is 2.79 bits per heavy atom. The van der Waals surface area contributed by atoms with Gasteiger partial charge in [-0.25, -0.2) is 0 Å². The fourth-order valence-electron chi connectivity index (χ4n) is 3.15. The van der Waals surface area contributed by atoms with Crippen LogP contribution in [-0.4, -0.2) is 24.3 Å². The summed E-state index contributed by atoms with van der Waals surface area (Å²) in [6.45, 7) is 0.914. The minimum atomic E-state index is -0.752. The monoisotopic (exact) mass is 409 g/mol. The lowest BCUT2D eigenvalue weighted by atomic mass is 10.2. The molecule has 7 nitrogen and oxygen atoms in total. The molecule has 0 saturated carbocycles. The molecule has 3 amide bonds. The normalized spacial score (nSPS) is 13.5. The van der Waals surface area contributed by atoms with Crippen molar-refractivity contribution in [1.29, 1.82) is 0 Å². The number of rotatable bonds is 5. The number of carbonyl (C=O) groups is 3. The molecule has 0 atom stereocenters. The maximum atomic E-state index is 12.2. The van der Waals surface area contributed by atoms with E-state index in [9.17, 15) is 14.4 Å². The zero-order chi connectivity index (χ0) is 20.2. The second kappa shape index (κ2) is 8.32. The number of nitrogens with zero attached hydrogens (tertiary/aromatic N) is 1. The van der Waals surface area contributed by atoms with Gasteiger partial charge in [0, 0.05) is 40.2 Å². The first kappa shape index (κ1) is 18.9. The molecule has 1 aromatic carbocycles. The Kier molecular flexibility index (Phi) is 5.44. The molecule has 2 aromatic heterocycles. The smallest absolute Gasteiger partial charge is 0.313 e. The van der Waals surface area contributed by atoms with Gasteiger partial charge in [-0.05, 0) is 42.8 Å². The highest BCUT2D eigenvalue weighted by Crippen LogP contribution is 2.26. The van der Waals surface area contributed by atoms with Crippen LogP contribution < -0.4 is 15.5 Å². The topological polar surface area (TPSA) is 91.7 Å². The standard InChI is InChI=1S/C21H19N3O4S/c25-19-7-2-8-24(19)16-5-1-4-15(11-16)23-21(27)20(26)22-12-17-10-14(13-29-17)18-6-3-9-28-18/h1,3-6,9-11,13H,2,7-8,12H2,(H,22,26)(H,23,27). The lowest BCUT2D eigenvalue weighted by molar-refractivity contribution is -0.136. The van der Waals surface area contributed by atoms with Crippen molar-refractivity contribution < 1.29 is 18.8 Å². The molecule has 1 saturated heterocycles. The van der Waals surface area contributed by atoms with Crippen LogP contribution in [0.3, 0.4) is 0 Å². The predicted octanol–water partition coefficient (Wildman–Crippen LogP) is 3.39. The van der Waals surface area contributed by atoms with Crippen molar-refractivity contribution in [3.63, 3.8) is 0 Å². The van der Waals surface area contributed by atoms with Gasteiger partial charge in [-0.2, -0.15) is 0 Å². The lowest BCUT2D eigenvalue weighted by Crippen LogP contribution is -2.34. The van der Waals surface area contributed by atoms with Crippen LogP contribution >= 0.6 is 11.3 Å². The van der Waals surface area contributed by atoms with Gasteiger partial charge in [-0.1, -0.05) is 6.07 Å². The molecule has 0 aliphatic carbocycles. The zero-order valence-corrected chi connectivity index (χ0v) is 16.3. The van der Waals surface area contributed by atoms with Crippen molar-refractivity contribution in [2.24, 2.45) is 0 Å². The fraction of sp³-hybridized carbons (Fsp3) is 0.190. The molecule has 0 bridgehead atoms. The number of anilines is 2. The molecule has 148 valence electrons. The molecule has 1 aliphatic rings. The van der Waals surface area contributed by atoms with Gasteiger partial charge in [0.15, 0.2) is 0 Å². The van der Waals surface area contributed by atoms with Crippen molar-refractivity contribution in [2.45, 2.75) is 19.4 Å². The summed E-state index contributed by atoms with van der Waals surface area (Å²) in [6.07, 6.45) is 2.96. The third-order valence-electron chi connectivity index (χ3n) is 4.58. The number of nitrogens with one attached hydrogen (secondary N) is 2. The van der Waals surface area contributed by atoms with Gasteiger partial charge in [-0.15, -0.1) is 11.3 Å². The van der Waals surface area contributed by atoms with E-state index in [4.69, 9.17) is 4.42 Å². The van der Waals surface area contributed by atoms with Crippen molar-refractivity contribution in [3.8, 4) is 11.3 Å². The van der Waals surface area contributed by atoms with E-state index >= 15 is 0 Å². The van der Waals surface area contributed by atoms with E-state index in [-0.39, 0.29) is 12.5 Å². The second-order valence-electron chi connectivity index (χ2n) is 6.62. The molecular weight excluding hydrogens is 390 g/mol. The third kappa shape index (κ3) is 4.38. The van der Waals surface area contributed by atoms with Gasteiger partial charge in [0.2, 0.25) is 5.91 Å². The Hall–Kier alpha value is -3.39. The third-order valence-corrected chi connectivity index (χ3v) is 5.51. The summed E-state index contributed by atoms with van der Waals surface area (Å²) < 4.78 is 5.35. The van der Waals surface area contributed by atoms with Crippen LogP contribution in [0.1, 0.15) is 17.7 Å². The van der Waals surface area contributed by atoms with Crippen molar-refractivity contribution in [2.75, 3.05) is 16.8 Å². The molecular formula is C21H19N3O4S. The van der Waals surface area contributed by atoms with Crippen LogP contribution in [0.5, 0.6) is 0 Å². The number of amides is 3. The van der Waals surface area contributed by atoms with E-state index in [1.165, 1.54) is 11.3 Å². The van der Waals surface area contributed by atoms with Crippen molar-refractivity contribution in [3.05, 3.63) is 59.0 Å². The van der Waals surface area contributed by atoms with Crippen LogP contribution in [-0.2, 0) is 20.9 Å². The number of thiophene rings is 1. The van der Waals surface area contributed by atoms with Gasteiger partial charge < -0.3 is 20.0 Å². The molecule has 4 rings (SSSR count). The molecule has 3 heterocycles. The molecule has 0 spiro atoms. The summed E-state index contributed by atoms with van der Waals surface area (Å²) in [6, 6.07) is 12.5.